The molecule has 2 N–H and O–H groups in total. The largest absolute Gasteiger partial charge is 0.497 e. The number of ether oxygens (including phenoxy) is 1. The lowest BCUT2D eigenvalue weighted by Crippen LogP contribution is -2.39. The fourth-order valence-electron chi connectivity index (χ4n) is 1.70. The number of benzene rings is 1. The summed E-state index contributed by atoms with van der Waals surface area (Å²) >= 11 is 1.55. The number of hydrogen-bond acceptors (Lipinski definition) is 4. The molecule has 1 aromatic carbocycles. The Morgan fingerprint density at radius 3 is 2.43 bits per heavy atom. The number of methoxy groups -OCH3 is 1. The van der Waals surface area contributed by atoms with Gasteiger partial charge in [-0.15, -0.1) is 0 Å². The topological polar surface area (TPSA) is 67.4 Å². The summed E-state index contributed by atoms with van der Waals surface area (Å²) < 4.78 is 5.10. The van der Waals surface area contributed by atoms with Crippen molar-refractivity contribution in [1.82, 2.24) is 10.6 Å². The molecule has 0 radical (unpaired) electrons. The number of hydrogen-bond donors (Lipinski definition) is 2. The van der Waals surface area contributed by atoms with Crippen LogP contribution in [0.3, 0.4) is 0 Å². The summed E-state index contributed by atoms with van der Waals surface area (Å²) in [5.74, 6) is -0.569. The minimum Gasteiger partial charge on any atom is -0.497 e. The molecule has 0 saturated heterocycles. The maximum atomic E-state index is 11.7. The van der Waals surface area contributed by atoms with Crippen LogP contribution in [-0.4, -0.2) is 18.9 Å². The third-order valence-corrected chi connectivity index (χ3v) is 3.56. The Morgan fingerprint density at radius 1 is 1.10 bits per heavy atom. The Kier molecular flexibility index (Phi) is 5.34. The summed E-state index contributed by atoms with van der Waals surface area (Å²) in [7, 11) is 1.58. The smallest absolute Gasteiger partial charge is 0.309 e. The minimum absolute atomic E-state index is 0.280. The molecule has 0 aliphatic heterocycles. The number of amides is 2. The van der Waals surface area contributed by atoms with Crippen molar-refractivity contribution in [3.8, 4) is 5.75 Å². The van der Waals surface area contributed by atoms with E-state index >= 15 is 0 Å². The predicted octanol–water partition coefficient (Wildman–Crippen LogP) is 1.69. The third-order valence-electron chi connectivity index (χ3n) is 2.83. The molecule has 110 valence electrons. The number of rotatable bonds is 5. The maximum absolute atomic E-state index is 11.7. The highest BCUT2D eigenvalue weighted by atomic mass is 32.1. The molecule has 0 atom stereocenters. The standard InChI is InChI=1S/C15H16N2O3S/c1-20-13-4-2-3-11(7-13)8-16-14(18)15(19)17-9-12-5-6-21-10-12/h2-7,10H,8-9H2,1H3,(H,16,18)(H,17,19). The van der Waals surface area contributed by atoms with Gasteiger partial charge >= 0.3 is 11.8 Å². The van der Waals surface area contributed by atoms with Crippen LogP contribution in [0.4, 0.5) is 0 Å². The molecule has 0 saturated carbocycles. The second-order valence-electron chi connectivity index (χ2n) is 4.35. The van der Waals surface area contributed by atoms with Gasteiger partial charge in [-0.05, 0) is 40.1 Å². The van der Waals surface area contributed by atoms with Gasteiger partial charge in [0.05, 0.1) is 7.11 Å². The lowest BCUT2D eigenvalue weighted by atomic mass is 10.2. The minimum atomic E-state index is -0.645. The molecule has 2 aromatic rings. The number of carbonyl (C=O) groups is 2. The van der Waals surface area contributed by atoms with Gasteiger partial charge in [-0.1, -0.05) is 12.1 Å². The molecule has 0 aliphatic rings. The highest BCUT2D eigenvalue weighted by molar-refractivity contribution is 7.07. The van der Waals surface area contributed by atoms with Gasteiger partial charge in [-0.25, -0.2) is 0 Å². The van der Waals surface area contributed by atoms with Gasteiger partial charge in [-0.2, -0.15) is 11.3 Å². The summed E-state index contributed by atoms with van der Waals surface area (Å²) in [5, 5.41) is 9.00. The Hall–Kier alpha value is -2.34. The number of thiophene rings is 1. The van der Waals surface area contributed by atoms with Crippen LogP contribution in [0.5, 0.6) is 5.75 Å². The number of nitrogens with one attached hydrogen (secondary N) is 2. The van der Waals surface area contributed by atoms with E-state index in [0.29, 0.717) is 12.3 Å². The van der Waals surface area contributed by atoms with E-state index < -0.39 is 11.8 Å². The second kappa shape index (κ2) is 7.44. The lowest BCUT2D eigenvalue weighted by molar-refractivity contribution is -0.139. The van der Waals surface area contributed by atoms with Crippen LogP contribution in [0.1, 0.15) is 11.1 Å². The van der Waals surface area contributed by atoms with Crippen molar-refractivity contribution in [3.63, 3.8) is 0 Å². The fraction of sp³-hybridized carbons (Fsp3) is 0.200. The first kappa shape index (κ1) is 15.1. The van der Waals surface area contributed by atoms with Gasteiger partial charge in [0.1, 0.15) is 5.75 Å². The van der Waals surface area contributed by atoms with Crippen LogP contribution in [0.2, 0.25) is 0 Å². The summed E-state index contributed by atoms with van der Waals surface area (Å²) in [6.07, 6.45) is 0. The summed E-state index contributed by atoms with van der Waals surface area (Å²) in [4.78, 5) is 23.3. The van der Waals surface area contributed by atoms with E-state index in [4.69, 9.17) is 4.74 Å². The Balaban J connectivity index is 1.79. The first-order chi connectivity index (χ1) is 10.2. The van der Waals surface area contributed by atoms with Gasteiger partial charge in [-0.3, -0.25) is 9.59 Å². The molecule has 2 rings (SSSR count). The van der Waals surface area contributed by atoms with E-state index in [-0.39, 0.29) is 6.54 Å². The molecule has 0 fully saturated rings. The molecule has 0 bridgehead atoms. The zero-order chi connectivity index (χ0) is 15.1. The van der Waals surface area contributed by atoms with Gasteiger partial charge in [0.25, 0.3) is 0 Å². The fourth-order valence-corrected chi connectivity index (χ4v) is 2.37. The lowest BCUT2D eigenvalue weighted by Gasteiger charge is -2.07. The molecule has 0 aliphatic carbocycles. The first-order valence-corrected chi connectivity index (χ1v) is 7.33. The van der Waals surface area contributed by atoms with Crippen LogP contribution in [-0.2, 0) is 22.7 Å². The Bertz CT molecular complexity index is 611. The third kappa shape index (κ3) is 4.61. The van der Waals surface area contributed by atoms with E-state index in [1.807, 2.05) is 41.1 Å². The average molecular weight is 304 g/mol. The zero-order valence-corrected chi connectivity index (χ0v) is 12.4. The van der Waals surface area contributed by atoms with Crippen molar-refractivity contribution in [2.75, 3.05) is 7.11 Å². The van der Waals surface area contributed by atoms with Crippen LogP contribution >= 0.6 is 11.3 Å². The maximum Gasteiger partial charge on any atom is 0.309 e. The van der Waals surface area contributed by atoms with Crippen molar-refractivity contribution in [3.05, 3.63) is 52.2 Å². The molecule has 21 heavy (non-hydrogen) atoms. The summed E-state index contributed by atoms with van der Waals surface area (Å²) in [6, 6.07) is 9.21. The van der Waals surface area contributed by atoms with Gasteiger partial charge in [0.2, 0.25) is 0 Å². The van der Waals surface area contributed by atoms with Gasteiger partial charge in [0, 0.05) is 13.1 Å². The van der Waals surface area contributed by atoms with Gasteiger partial charge in [0.15, 0.2) is 0 Å². The van der Waals surface area contributed by atoms with Crippen molar-refractivity contribution in [1.29, 1.82) is 0 Å². The van der Waals surface area contributed by atoms with Crippen LogP contribution in [0.25, 0.3) is 0 Å². The molecule has 6 heteroatoms. The van der Waals surface area contributed by atoms with Crippen molar-refractivity contribution >= 4 is 23.2 Å². The molecule has 5 nitrogen and oxygen atoms in total. The van der Waals surface area contributed by atoms with Crippen molar-refractivity contribution in [2.24, 2.45) is 0 Å². The van der Waals surface area contributed by atoms with Crippen LogP contribution in [0, 0.1) is 0 Å². The molecule has 1 aromatic heterocycles. The number of carbonyl (C=O) groups excluding carboxylic acids is 2. The van der Waals surface area contributed by atoms with Crippen molar-refractivity contribution in [2.45, 2.75) is 13.1 Å². The predicted molar refractivity (Wildman–Crippen MR) is 81.0 cm³/mol. The highest BCUT2D eigenvalue weighted by Gasteiger charge is 2.12. The van der Waals surface area contributed by atoms with Crippen LogP contribution < -0.4 is 15.4 Å². The molecule has 0 unspecified atom stereocenters. The molecule has 1 heterocycles. The zero-order valence-electron chi connectivity index (χ0n) is 11.6. The van der Waals surface area contributed by atoms with E-state index in [1.165, 1.54) is 0 Å². The Labute approximate surface area is 126 Å². The molecule has 2 amide bonds. The quantitative estimate of drug-likeness (QED) is 0.826. The normalized spacial score (nSPS) is 9.95. The first-order valence-electron chi connectivity index (χ1n) is 6.39. The molecular formula is C15H16N2O3S. The SMILES string of the molecule is COc1cccc(CNC(=O)C(=O)NCc2ccsc2)c1. The summed E-state index contributed by atoms with van der Waals surface area (Å²) in [5.41, 5.74) is 1.85. The van der Waals surface area contributed by atoms with Gasteiger partial charge < -0.3 is 15.4 Å². The second-order valence-corrected chi connectivity index (χ2v) is 5.13. The van der Waals surface area contributed by atoms with E-state index in [1.54, 1.807) is 18.4 Å². The highest BCUT2D eigenvalue weighted by Crippen LogP contribution is 2.12. The van der Waals surface area contributed by atoms with E-state index in [0.717, 1.165) is 11.1 Å². The van der Waals surface area contributed by atoms with E-state index in [2.05, 4.69) is 10.6 Å². The molecule has 0 spiro atoms. The van der Waals surface area contributed by atoms with Crippen molar-refractivity contribution < 1.29 is 14.3 Å². The summed E-state index contributed by atoms with van der Waals surface area (Å²) in [6.45, 7) is 0.636. The monoisotopic (exact) mass is 304 g/mol. The van der Waals surface area contributed by atoms with Crippen LogP contribution in [0.15, 0.2) is 41.1 Å². The van der Waals surface area contributed by atoms with E-state index in [9.17, 15) is 9.59 Å². The molecular weight excluding hydrogens is 288 g/mol. The Morgan fingerprint density at radius 2 is 1.81 bits per heavy atom. The average Bonchev–Trinajstić information content (AvgIpc) is 3.03.